The number of ether oxygens (including phenoxy) is 5. The highest BCUT2D eigenvalue weighted by Gasteiger charge is 2.68. The summed E-state index contributed by atoms with van der Waals surface area (Å²) in [6.07, 6.45) is 1.38. The number of rotatable bonds is 3. The van der Waals surface area contributed by atoms with Crippen molar-refractivity contribution in [1.82, 2.24) is 0 Å². The fraction of sp³-hybridized carbons (Fsp3) is 0.538. The smallest absolute Gasteiger partial charge is 0.337 e. The molecule has 4 aliphatic rings. The predicted molar refractivity (Wildman–Crippen MR) is 63.2 cm³/mol. The van der Waals surface area contributed by atoms with Crippen molar-refractivity contribution in [3.05, 3.63) is 23.7 Å². The first-order valence-electron chi connectivity index (χ1n) is 6.06. The van der Waals surface area contributed by atoms with Gasteiger partial charge < -0.3 is 23.7 Å². The van der Waals surface area contributed by atoms with Crippen LogP contribution in [0.15, 0.2) is 23.7 Å². The lowest BCUT2D eigenvalue weighted by Crippen LogP contribution is -2.65. The van der Waals surface area contributed by atoms with E-state index in [0.717, 1.165) is 0 Å². The van der Waals surface area contributed by atoms with Crippen molar-refractivity contribution in [3.63, 3.8) is 0 Å². The average Bonchev–Trinajstić information content (AvgIpc) is 2.87. The molecule has 7 heteroatoms. The van der Waals surface area contributed by atoms with Crippen LogP contribution in [0.1, 0.15) is 0 Å². The van der Waals surface area contributed by atoms with E-state index in [4.69, 9.17) is 23.7 Å². The van der Waals surface area contributed by atoms with E-state index in [1.165, 1.54) is 33.7 Å². The van der Waals surface area contributed by atoms with E-state index < -0.39 is 35.7 Å². The van der Waals surface area contributed by atoms with Crippen molar-refractivity contribution in [2.45, 2.75) is 17.8 Å². The van der Waals surface area contributed by atoms with Crippen molar-refractivity contribution < 1.29 is 33.3 Å². The molecule has 1 saturated heterocycles. The van der Waals surface area contributed by atoms with Gasteiger partial charge in [0, 0.05) is 7.11 Å². The SMILES string of the molecule is COC(=O)C1=C[C@H]2C(=O)O[C@@H]1[C@H]1OC=C(OC)[C@]12OC. The van der Waals surface area contributed by atoms with Gasteiger partial charge in [0.2, 0.25) is 0 Å². The summed E-state index contributed by atoms with van der Waals surface area (Å²) in [6, 6.07) is 0. The van der Waals surface area contributed by atoms with Crippen LogP contribution in [0.3, 0.4) is 0 Å². The Kier molecular flexibility index (Phi) is 2.75. The molecule has 0 amide bonds. The molecule has 108 valence electrons. The van der Waals surface area contributed by atoms with Crippen molar-refractivity contribution in [1.29, 1.82) is 0 Å². The van der Waals surface area contributed by atoms with Gasteiger partial charge in [0.15, 0.2) is 23.6 Å². The molecule has 0 spiro atoms. The highest BCUT2D eigenvalue weighted by atomic mass is 16.6. The molecule has 4 atom stereocenters. The van der Waals surface area contributed by atoms with E-state index in [2.05, 4.69) is 0 Å². The van der Waals surface area contributed by atoms with Crippen molar-refractivity contribution in [2.24, 2.45) is 5.92 Å². The monoisotopic (exact) mass is 282 g/mol. The summed E-state index contributed by atoms with van der Waals surface area (Å²) >= 11 is 0. The summed E-state index contributed by atoms with van der Waals surface area (Å²) in [5.74, 6) is -1.44. The Hall–Kier alpha value is -2.02. The van der Waals surface area contributed by atoms with E-state index in [1.54, 1.807) is 0 Å². The molecular weight excluding hydrogens is 268 g/mol. The maximum atomic E-state index is 12.0. The molecule has 7 nitrogen and oxygen atoms in total. The van der Waals surface area contributed by atoms with E-state index in [-0.39, 0.29) is 5.57 Å². The fourth-order valence-corrected chi connectivity index (χ4v) is 3.08. The number of hydrogen-bond donors (Lipinski definition) is 0. The number of carbonyl (C=O) groups is 2. The highest BCUT2D eigenvalue weighted by Crippen LogP contribution is 2.51. The molecule has 4 rings (SSSR count). The minimum atomic E-state index is -1.09. The minimum Gasteiger partial charge on any atom is -0.495 e. The van der Waals surface area contributed by atoms with Gasteiger partial charge in [-0.25, -0.2) is 4.79 Å². The Morgan fingerprint density at radius 3 is 2.70 bits per heavy atom. The lowest BCUT2D eigenvalue weighted by molar-refractivity contribution is -0.209. The zero-order chi connectivity index (χ0) is 14.5. The molecule has 0 N–H and O–H groups in total. The number of carbonyl (C=O) groups excluding carboxylic acids is 2. The van der Waals surface area contributed by atoms with Gasteiger partial charge in [-0.05, 0) is 0 Å². The van der Waals surface area contributed by atoms with Crippen molar-refractivity contribution in [2.75, 3.05) is 21.3 Å². The highest BCUT2D eigenvalue weighted by molar-refractivity contribution is 5.95. The first-order chi connectivity index (χ1) is 9.59. The Morgan fingerprint density at radius 1 is 1.35 bits per heavy atom. The first kappa shape index (κ1) is 13.0. The van der Waals surface area contributed by atoms with Gasteiger partial charge in [0.05, 0.1) is 19.8 Å². The Labute approximate surface area is 115 Å². The second-order valence-corrected chi connectivity index (χ2v) is 4.69. The number of esters is 2. The molecule has 0 aromatic heterocycles. The van der Waals surface area contributed by atoms with Crippen LogP contribution in [0.4, 0.5) is 0 Å². The Morgan fingerprint density at radius 2 is 2.10 bits per heavy atom. The third-order valence-electron chi connectivity index (χ3n) is 4.00. The normalized spacial score (nSPS) is 37.4. The van der Waals surface area contributed by atoms with Crippen LogP contribution in [0.5, 0.6) is 0 Å². The zero-order valence-corrected chi connectivity index (χ0v) is 11.2. The summed E-state index contributed by atoms with van der Waals surface area (Å²) < 4.78 is 26.3. The van der Waals surface area contributed by atoms with E-state index >= 15 is 0 Å². The van der Waals surface area contributed by atoms with Crippen LogP contribution < -0.4 is 0 Å². The number of methoxy groups -OCH3 is 3. The van der Waals surface area contributed by atoms with Gasteiger partial charge in [-0.2, -0.15) is 0 Å². The molecule has 0 aromatic rings. The van der Waals surface area contributed by atoms with Crippen LogP contribution in [-0.2, 0) is 33.3 Å². The summed E-state index contributed by atoms with van der Waals surface area (Å²) in [5.41, 5.74) is -0.827. The zero-order valence-electron chi connectivity index (χ0n) is 11.2. The largest absolute Gasteiger partial charge is 0.495 e. The molecule has 3 aliphatic heterocycles. The van der Waals surface area contributed by atoms with E-state index in [0.29, 0.717) is 5.76 Å². The van der Waals surface area contributed by atoms with Gasteiger partial charge in [-0.15, -0.1) is 0 Å². The van der Waals surface area contributed by atoms with Gasteiger partial charge in [-0.1, -0.05) is 6.08 Å². The standard InChI is InChI=1S/C13H14O7/c1-16-8-5-19-10-9-6(11(14)17-2)4-7(12(15)20-9)13(8,10)18-3/h4-5,7,9-10H,1-3H3/t7-,9-,10+,13-/m0/s1. The second kappa shape index (κ2) is 4.24. The molecular formula is C13H14O7. The van der Waals surface area contributed by atoms with Crippen LogP contribution >= 0.6 is 0 Å². The lowest BCUT2D eigenvalue weighted by atomic mass is 9.70. The lowest BCUT2D eigenvalue weighted by Gasteiger charge is -2.48. The van der Waals surface area contributed by atoms with E-state index in [1.807, 2.05) is 0 Å². The number of fused-ring (bicyclic) bond motifs is 1. The predicted octanol–water partition coefficient (Wildman–Crippen LogP) is -0.0872. The fourth-order valence-electron chi connectivity index (χ4n) is 3.08. The molecule has 0 unspecified atom stereocenters. The van der Waals surface area contributed by atoms with E-state index in [9.17, 15) is 9.59 Å². The number of hydrogen-bond acceptors (Lipinski definition) is 7. The molecule has 2 bridgehead atoms. The third kappa shape index (κ3) is 1.33. The van der Waals surface area contributed by atoms with Crippen LogP contribution in [0.2, 0.25) is 0 Å². The Bertz CT molecular complexity index is 535. The van der Waals surface area contributed by atoms with Gasteiger partial charge in [-0.3, -0.25) is 4.79 Å². The van der Waals surface area contributed by atoms with Crippen LogP contribution in [0.25, 0.3) is 0 Å². The van der Waals surface area contributed by atoms with Crippen molar-refractivity contribution in [3.8, 4) is 0 Å². The maximum Gasteiger partial charge on any atom is 0.337 e. The summed E-state index contributed by atoms with van der Waals surface area (Å²) in [4.78, 5) is 23.8. The molecule has 3 heterocycles. The van der Waals surface area contributed by atoms with Crippen LogP contribution in [0, 0.1) is 5.92 Å². The molecule has 1 aliphatic carbocycles. The second-order valence-electron chi connectivity index (χ2n) is 4.69. The maximum absolute atomic E-state index is 12.0. The minimum absolute atomic E-state index is 0.264. The molecule has 0 saturated carbocycles. The first-order valence-corrected chi connectivity index (χ1v) is 6.06. The molecule has 0 aromatic carbocycles. The molecule has 1 fully saturated rings. The summed E-state index contributed by atoms with van der Waals surface area (Å²) in [6.45, 7) is 0. The van der Waals surface area contributed by atoms with Gasteiger partial charge in [0.25, 0.3) is 0 Å². The average molecular weight is 282 g/mol. The third-order valence-corrected chi connectivity index (χ3v) is 4.00. The van der Waals surface area contributed by atoms with Gasteiger partial charge in [0.1, 0.15) is 12.2 Å². The van der Waals surface area contributed by atoms with Crippen LogP contribution in [-0.4, -0.2) is 51.1 Å². The van der Waals surface area contributed by atoms with Gasteiger partial charge >= 0.3 is 11.9 Å². The molecule has 20 heavy (non-hydrogen) atoms. The summed E-state index contributed by atoms with van der Waals surface area (Å²) in [5, 5.41) is 0. The Balaban J connectivity index is 2.11. The summed E-state index contributed by atoms with van der Waals surface area (Å²) in [7, 11) is 4.20. The molecule has 0 radical (unpaired) electrons. The van der Waals surface area contributed by atoms with Crippen molar-refractivity contribution >= 4 is 11.9 Å². The topological polar surface area (TPSA) is 80.3 Å². The quantitative estimate of drug-likeness (QED) is 0.669.